The highest BCUT2D eigenvalue weighted by molar-refractivity contribution is 6.34. The molecule has 6 nitrogen and oxygen atoms in total. The van der Waals surface area contributed by atoms with Crippen LogP contribution in [0.4, 0.5) is 11.4 Å². The molecule has 0 aliphatic heterocycles. The minimum Gasteiger partial charge on any atom is -0.356 e. The molecule has 1 aromatic carbocycles. The molecule has 0 aromatic heterocycles. The summed E-state index contributed by atoms with van der Waals surface area (Å²) in [6.45, 7) is 1.93. The minimum absolute atomic E-state index is 0.123. The van der Waals surface area contributed by atoms with Gasteiger partial charge in [0.25, 0.3) is 0 Å². The summed E-state index contributed by atoms with van der Waals surface area (Å²) in [5.74, 6) is 2.12. The van der Waals surface area contributed by atoms with Crippen LogP contribution in [0.1, 0.15) is 58.3 Å². The normalized spacial score (nSPS) is 28.8. The number of nitrogens with one attached hydrogen (secondary N) is 3. The van der Waals surface area contributed by atoms with Gasteiger partial charge in [-0.3, -0.25) is 14.4 Å². The van der Waals surface area contributed by atoms with Gasteiger partial charge in [0, 0.05) is 31.0 Å². The lowest BCUT2D eigenvalue weighted by molar-refractivity contribution is -0.146. The summed E-state index contributed by atoms with van der Waals surface area (Å²) < 4.78 is 0. The molecule has 0 radical (unpaired) electrons. The maximum Gasteiger partial charge on any atom is 0.226 e. The number of benzene rings is 1. The Hall–Kier alpha value is -2.08. The molecule has 0 spiro atoms. The highest BCUT2D eigenvalue weighted by Crippen LogP contribution is 2.60. The van der Waals surface area contributed by atoms with E-state index < -0.39 is 0 Å². The van der Waals surface area contributed by atoms with Crippen molar-refractivity contribution in [2.24, 2.45) is 23.2 Å². The molecule has 4 aliphatic rings. The summed E-state index contributed by atoms with van der Waals surface area (Å²) in [5, 5.41) is 8.92. The quantitative estimate of drug-likeness (QED) is 0.561. The zero-order chi connectivity index (χ0) is 21.3. The third-order valence-electron chi connectivity index (χ3n) is 6.95. The van der Waals surface area contributed by atoms with Gasteiger partial charge in [-0.25, -0.2) is 0 Å². The van der Waals surface area contributed by atoms with Gasteiger partial charge < -0.3 is 16.0 Å². The van der Waals surface area contributed by atoms with Gasteiger partial charge in [-0.15, -0.1) is 0 Å². The highest BCUT2D eigenvalue weighted by Gasteiger charge is 2.54. The predicted molar refractivity (Wildman–Crippen MR) is 117 cm³/mol. The summed E-state index contributed by atoms with van der Waals surface area (Å²) in [5.41, 5.74) is 0.954. The van der Waals surface area contributed by atoms with Crippen LogP contribution in [0.2, 0.25) is 5.02 Å². The molecule has 4 saturated carbocycles. The second-order valence-electron chi connectivity index (χ2n) is 9.48. The molecule has 4 fully saturated rings. The van der Waals surface area contributed by atoms with Crippen LogP contribution in [0.25, 0.3) is 0 Å². The average molecular weight is 432 g/mol. The first-order valence-corrected chi connectivity index (χ1v) is 11.4. The molecule has 5 rings (SSSR count). The molecular formula is C23H30ClN3O3. The zero-order valence-electron chi connectivity index (χ0n) is 17.4. The summed E-state index contributed by atoms with van der Waals surface area (Å²) in [7, 11) is 0. The third kappa shape index (κ3) is 4.64. The van der Waals surface area contributed by atoms with Crippen LogP contribution >= 0.6 is 11.6 Å². The van der Waals surface area contributed by atoms with Crippen molar-refractivity contribution in [1.29, 1.82) is 0 Å². The summed E-state index contributed by atoms with van der Waals surface area (Å²) in [4.78, 5) is 36.3. The summed E-state index contributed by atoms with van der Waals surface area (Å²) >= 11 is 6.13. The SMILES string of the molecule is CC(=O)Nc1ccc(NC(=O)CCCNC(=O)C23CC4CC(CC(C4)C2)C3)cc1Cl. The van der Waals surface area contributed by atoms with Gasteiger partial charge in [0.1, 0.15) is 0 Å². The third-order valence-corrected chi connectivity index (χ3v) is 7.26. The van der Waals surface area contributed by atoms with Crippen molar-refractivity contribution in [1.82, 2.24) is 5.32 Å². The Labute approximate surface area is 182 Å². The smallest absolute Gasteiger partial charge is 0.226 e. The maximum atomic E-state index is 12.9. The Morgan fingerprint density at radius 1 is 1.03 bits per heavy atom. The van der Waals surface area contributed by atoms with Crippen molar-refractivity contribution < 1.29 is 14.4 Å². The molecule has 4 aliphatic carbocycles. The molecule has 0 unspecified atom stereocenters. The van der Waals surface area contributed by atoms with Crippen LogP contribution in [-0.4, -0.2) is 24.3 Å². The van der Waals surface area contributed by atoms with E-state index in [0.717, 1.165) is 37.0 Å². The lowest BCUT2D eigenvalue weighted by Crippen LogP contribution is -2.53. The lowest BCUT2D eigenvalue weighted by Gasteiger charge is -2.55. The Morgan fingerprint density at radius 2 is 1.67 bits per heavy atom. The van der Waals surface area contributed by atoms with E-state index in [9.17, 15) is 14.4 Å². The van der Waals surface area contributed by atoms with E-state index in [2.05, 4.69) is 16.0 Å². The van der Waals surface area contributed by atoms with E-state index in [0.29, 0.717) is 35.8 Å². The van der Waals surface area contributed by atoms with Crippen LogP contribution in [0, 0.1) is 23.2 Å². The van der Waals surface area contributed by atoms with E-state index in [-0.39, 0.29) is 23.1 Å². The maximum absolute atomic E-state index is 12.9. The van der Waals surface area contributed by atoms with E-state index in [1.165, 1.54) is 26.2 Å². The fraction of sp³-hybridized carbons (Fsp3) is 0.609. The first-order valence-electron chi connectivity index (χ1n) is 11.0. The Kier molecular flexibility index (Phi) is 6.05. The van der Waals surface area contributed by atoms with Crippen molar-refractivity contribution in [3.63, 3.8) is 0 Å². The molecule has 0 atom stereocenters. The summed E-state index contributed by atoms with van der Waals surface area (Å²) in [6.07, 6.45) is 8.06. The predicted octanol–water partition coefficient (Wildman–Crippen LogP) is 4.35. The van der Waals surface area contributed by atoms with Gasteiger partial charge >= 0.3 is 0 Å². The van der Waals surface area contributed by atoms with Gasteiger partial charge in [0.15, 0.2) is 0 Å². The first-order chi connectivity index (χ1) is 14.3. The molecule has 3 N–H and O–H groups in total. The Balaban J connectivity index is 1.20. The van der Waals surface area contributed by atoms with E-state index in [4.69, 9.17) is 11.6 Å². The number of anilines is 2. The van der Waals surface area contributed by atoms with Crippen LogP contribution in [0.3, 0.4) is 0 Å². The molecule has 0 saturated heterocycles. The largest absolute Gasteiger partial charge is 0.356 e. The fourth-order valence-corrected chi connectivity index (χ4v) is 6.36. The molecule has 162 valence electrons. The van der Waals surface area contributed by atoms with Gasteiger partial charge in [-0.05, 0) is 80.9 Å². The van der Waals surface area contributed by atoms with Gasteiger partial charge in [-0.1, -0.05) is 11.6 Å². The second-order valence-corrected chi connectivity index (χ2v) is 9.89. The van der Waals surface area contributed by atoms with Crippen LogP contribution in [0.15, 0.2) is 18.2 Å². The molecule has 1 aromatic rings. The standard InChI is InChI=1S/C23H30ClN3O3/c1-14(28)26-20-5-4-18(10-19(20)24)27-21(29)3-2-6-25-22(30)23-11-15-7-16(12-23)9-17(8-15)13-23/h4-5,10,15-17H,2-3,6-9,11-13H2,1H3,(H,25,30)(H,26,28)(H,27,29). The zero-order valence-corrected chi connectivity index (χ0v) is 18.2. The van der Waals surface area contributed by atoms with Gasteiger partial charge in [-0.2, -0.15) is 0 Å². The molecule has 0 heterocycles. The summed E-state index contributed by atoms with van der Waals surface area (Å²) in [6, 6.07) is 4.97. The number of rotatable bonds is 7. The van der Waals surface area contributed by atoms with Crippen molar-refractivity contribution >= 4 is 40.7 Å². The average Bonchev–Trinajstić information content (AvgIpc) is 2.66. The molecule has 3 amide bonds. The van der Waals surface area contributed by atoms with E-state index in [1.54, 1.807) is 18.2 Å². The molecule has 4 bridgehead atoms. The van der Waals surface area contributed by atoms with Crippen LogP contribution < -0.4 is 16.0 Å². The Morgan fingerprint density at radius 3 is 2.23 bits per heavy atom. The number of halogens is 1. The van der Waals surface area contributed by atoms with Crippen molar-refractivity contribution in [2.45, 2.75) is 58.3 Å². The molecular weight excluding hydrogens is 402 g/mol. The Bertz CT molecular complexity index is 819. The first kappa shape index (κ1) is 21.2. The van der Waals surface area contributed by atoms with Gasteiger partial charge in [0.2, 0.25) is 17.7 Å². The number of hydrogen-bond acceptors (Lipinski definition) is 3. The number of carbonyl (C=O) groups excluding carboxylic acids is 3. The fourth-order valence-electron chi connectivity index (χ4n) is 6.13. The monoisotopic (exact) mass is 431 g/mol. The molecule has 7 heteroatoms. The van der Waals surface area contributed by atoms with E-state index >= 15 is 0 Å². The number of hydrogen-bond donors (Lipinski definition) is 3. The highest BCUT2D eigenvalue weighted by atomic mass is 35.5. The second kappa shape index (κ2) is 8.58. The van der Waals surface area contributed by atoms with Crippen LogP contribution in [-0.2, 0) is 14.4 Å². The van der Waals surface area contributed by atoms with Crippen molar-refractivity contribution in [3.05, 3.63) is 23.2 Å². The lowest BCUT2D eigenvalue weighted by atomic mass is 9.49. The number of carbonyl (C=O) groups is 3. The van der Waals surface area contributed by atoms with Gasteiger partial charge in [0.05, 0.1) is 10.7 Å². The number of amides is 3. The minimum atomic E-state index is -0.204. The molecule has 30 heavy (non-hydrogen) atoms. The van der Waals surface area contributed by atoms with Crippen molar-refractivity contribution in [2.75, 3.05) is 17.2 Å². The van der Waals surface area contributed by atoms with Crippen molar-refractivity contribution in [3.8, 4) is 0 Å². The topological polar surface area (TPSA) is 87.3 Å². The van der Waals surface area contributed by atoms with E-state index in [1.807, 2.05) is 0 Å². The van der Waals surface area contributed by atoms with Crippen LogP contribution in [0.5, 0.6) is 0 Å².